The van der Waals surface area contributed by atoms with Gasteiger partial charge in [0.2, 0.25) is 0 Å². The first-order valence-electron chi connectivity index (χ1n) is 7.42. The number of carboxylic acid groups (broad SMARTS) is 1. The fourth-order valence-electron chi connectivity index (χ4n) is 2.37. The summed E-state index contributed by atoms with van der Waals surface area (Å²) in [5.74, 6) is -0.991. The first-order valence-corrected chi connectivity index (χ1v) is 7.83. The van der Waals surface area contributed by atoms with Crippen molar-refractivity contribution in [2.45, 2.75) is 0 Å². The largest absolute Gasteiger partial charge is 0.481 e. The van der Waals surface area contributed by atoms with Crippen molar-refractivity contribution in [3.05, 3.63) is 65.9 Å². The van der Waals surface area contributed by atoms with E-state index in [0.717, 1.165) is 0 Å². The first-order chi connectivity index (χ1) is 12.1. The van der Waals surface area contributed by atoms with Crippen LogP contribution in [-0.2, 0) is 9.59 Å². The molecule has 0 radical (unpaired) electrons. The summed E-state index contributed by atoms with van der Waals surface area (Å²) in [5.41, 5.74) is 1.54. The summed E-state index contributed by atoms with van der Waals surface area (Å²) in [6.07, 6.45) is 1.59. The number of carbonyl (C=O) groups is 2. The number of nitrogens with one attached hydrogen (secondary N) is 1. The van der Waals surface area contributed by atoms with Crippen LogP contribution in [-0.4, -0.2) is 28.7 Å². The third kappa shape index (κ3) is 3.67. The number of hydrogen-bond donors (Lipinski definition) is 2. The van der Waals surface area contributed by atoms with E-state index in [0.29, 0.717) is 22.7 Å². The van der Waals surface area contributed by atoms with Gasteiger partial charge in [0.25, 0.3) is 5.91 Å². The Morgan fingerprint density at radius 1 is 1.16 bits per heavy atom. The van der Waals surface area contributed by atoms with Gasteiger partial charge in [0, 0.05) is 5.56 Å². The third-order valence-corrected chi connectivity index (χ3v) is 3.75. The van der Waals surface area contributed by atoms with Crippen LogP contribution in [0.3, 0.4) is 0 Å². The van der Waals surface area contributed by atoms with E-state index in [-0.39, 0.29) is 11.0 Å². The van der Waals surface area contributed by atoms with Crippen molar-refractivity contribution < 1.29 is 19.4 Å². The number of nitrogens with zero attached hydrogens (tertiary/aromatic N) is 1. The van der Waals surface area contributed by atoms with Crippen LogP contribution in [0.4, 0.5) is 5.69 Å². The van der Waals surface area contributed by atoms with E-state index in [1.165, 1.54) is 4.90 Å². The van der Waals surface area contributed by atoms with Crippen molar-refractivity contribution in [3.63, 3.8) is 0 Å². The van der Waals surface area contributed by atoms with E-state index >= 15 is 0 Å². The van der Waals surface area contributed by atoms with Gasteiger partial charge < -0.3 is 15.2 Å². The number of aliphatic carboxylic acids is 1. The van der Waals surface area contributed by atoms with Crippen LogP contribution in [0.15, 0.2) is 60.3 Å². The van der Waals surface area contributed by atoms with Gasteiger partial charge in [0.1, 0.15) is 11.4 Å². The molecule has 2 aromatic rings. The van der Waals surface area contributed by atoms with Gasteiger partial charge >= 0.3 is 5.97 Å². The minimum absolute atomic E-state index is 0.284. The van der Waals surface area contributed by atoms with E-state index in [2.05, 4.69) is 5.32 Å². The molecule has 2 N–H and O–H groups in total. The third-order valence-electron chi connectivity index (χ3n) is 3.46. The Bertz CT molecular complexity index is 864. The number of para-hydroxylation sites is 2. The highest BCUT2D eigenvalue weighted by molar-refractivity contribution is 7.80. The second-order valence-corrected chi connectivity index (χ2v) is 5.57. The molecule has 25 heavy (non-hydrogen) atoms. The number of anilines is 1. The number of hydrogen-bond acceptors (Lipinski definition) is 4. The van der Waals surface area contributed by atoms with Crippen LogP contribution in [0.5, 0.6) is 5.75 Å². The predicted octanol–water partition coefficient (Wildman–Crippen LogP) is 2.41. The van der Waals surface area contributed by atoms with Gasteiger partial charge in [-0.1, -0.05) is 36.4 Å². The Kier molecular flexibility index (Phi) is 4.76. The molecule has 1 amide bonds. The zero-order chi connectivity index (χ0) is 17.8. The highest BCUT2D eigenvalue weighted by Crippen LogP contribution is 2.25. The Balaban J connectivity index is 1.89. The maximum atomic E-state index is 12.7. The molecule has 2 aromatic carbocycles. The van der Waals surface area contributed by atoms with Crippen LogP contribution in [0.1, 0.15) is 5.56 Å². The summed E-state index contributed by atoms with van der Waals surface area (Å²) < 4.78 is 5.25. The summed E-state index contributed by atoms with van der Waals surface area (Å²) in [5, 5.41) is 11.9. The van der Waals surface area contributed by atoms with Crippen molar-refractivity contribution in [3.8, 4) is 5.75 Å². The van der Waals surface area contributed by atoms with Crippen LogP contribution < -0.4 is 15.0 Å². The Labute approximate surface area is 149 Å². The summed E-state index contributed by atoms with van der Waals surface area (Å²) in [7, 11) is 0. The molecule has 3 rings (SSSR count). The summed E-state index contributed by atoms with van der Waals surface area (Å²) >= 11 is 5.26. The second kappa shape index (κ2) is 7.14. The lowest BCUT2D eigenvalue weighted by atomic mass is 10.1. The standard InChI is InChI=1S/C18H14N2O4S/c21-16(22)11-24-15-9-5-4-6-12(15)10-14-17(23)20(18(25)19-14)13-7-2-1-3-8-13/h1-10H,11H2,(H,19,25)(H,21,22)/b14-10-. The molecule has 7 heteroatoms. The number of rotatable bonds is 5. The fourth-order valence-corrected chi connectivity index (χ4v) is 2.67. The van der Waals surface area contributed by atoms with Crippen LogP contribution in [0.2, 0.25) is 0 Å². The molecule has 1 aliphatic heterocycles. The quantitative estimate of drug-likeness (QED) is 0.634. The minimum atomic E-state index is -1.08. The van der Waals surface area contributed by atoms with Gasteiger partial charge in [-0.3, -0.25) is 9.69 Å². The van der Waals surface area contributed by atoms with Crippen LogP contribution >= 0.6 is 12.2 Å². The zero-order valence-corrected chi connectivity index (χ0v) is 13.8. The molecule has 0 aliphatic carbocycles. The number of carbonyl (C=O) groups excluding carboxylic acids is 1. The van der Waals surface area contributed by atoms with Gasteiger partial charge in [0.15, 0.2) is 11.7 Å². The molecule has 0 atom stereocenters. The highest BCUT2D eigenvalue weighted by atomic mass is 32.1. The van der Waals surface area contributed by atoms with Crippen molar-refractivity contribution in [1.82, 2.24) is 5.32 Å². The first kappa shape index (κ1) is 16.7. The lowest BCUT2D eigenvalue weighted by molar-refractivity contribution is -0.139. The lowest BCUT2D eigenvalue weighted by Crippen LogP contribution is -2.30. The molecule has 0 aromatic heterocycles. The van der Waals surface area contributed by atoms with E-state index in [4.69, 9.17) is 22.1 Å². The van der Waals surface area contributed by atoms with Crippen molar-refractivity contribution in [2.24, 2.45) is 0 Å². The second-order valence-electron chi connectivity index (χ2n) is 5.18. The van der Waals surface area contributed by atoms with Gasteiger partial charge in [-0.25, -0.2) is 4.79 Å². The maximum absolute atomic E-state index is 12.7. The summed E-state index contributed by atoms with van der Waals surface area (Å²) in [6.45, 7) is -0.462. The van der Waals surface area contributed by atoms with E-state index in [9.17, 15) is 9.59 Å². The van der Waals surface area contributed by atoms with Gasteiger partial charge in [-0.15, -0.1) is 0 Å². The Morgan fingerprint density at radius 3 is 2.56 bits per heavy atom. The van der Waals surface area contributed by atoms with Gasteiger partial charge in [-0.05, 0) is 36.5 Å². The fraction of sp³-hybridized carbons (Fsp3) is 0.0556. The SMILES string of the molecule is O=C(O)COc1ccccc1/C=C1\NC(=S)N(c2ccccc2)C1=O. The molecule has 0 unspecified atom stereocenters. The van der Waals surface area contributed by atoms with E-state index < -0.39 is 12.6 Å². The molecule has 1 fully saturated rings. The number of thiocarbonyl (C=S) groups is 1. The average Bonchev–Trinajstić information content (AvgIpc) is 2.88. The number of benzene rings is 2. The van der Waals surface area contributed by atoms with Crippen molar-refractivity contribution in [1.29, 1.82) is 0 Å². The average molecular weight is 354 g/mol. The van der Waals surface area contributed by atoms with Crippen molar-refractivity contribution in [2.75, 3.05) is 11.5 Å². The maximum Gasteiger partial charge on any atom is 0.341 e. The molecule has 126 valence electrons. The molecular formula is C18H14N2O4S. The topological polar surface area (TPSA) is 78.9 Å². The van der Waals surface area contributed by atoms with E-state index in [1.54, 1.807) is 42.5 Å². The lowest BCUT2D eigenvalue weighted by Gasteiger charge is -2.13. The molecule has 0 spiro atoms. The molecule has 0 bridgehead atoms. The Hall–Kier alpha value is -3.19. The summed E-state index contributed by atoms with van der Waals surface area (Å²) in [4.78, 5) is 24.8. The molecular weight excluding hydrogens is 340 g/mol. The molecule has 1 saturated heterocycles. The number of ether oxygens (including phenoxy) is 1. The normalized spacial score (nSPS) is 15.4. The molecule has 1 heterocycles. The van der Waals surface area contributed by atoms with Crippen LogP contribution in [0.25, 0.3) is 6.08 Å². The molecule has 6 nitrogen and oxygen atoms in total. The smallest absolute Gasteiger partial charge is 0.341 e. The van der Waals surface area contributed by atoms with Gasteiger partial charge in [0.05, 0.1) is 5.69 Å². The highest BCUT2D eigenvalue weighted by Gasteiger charge is 2.31. The Morgan fingerprint density at radius 2 is 1.84 bits per heavy atom. The van der Waals surface area contributed by atoms with Gasteiger partial charge in [-0.2, -0.15) is 0 Å². The minimum Gasteiger partial charge on any atom is -0.481 e. The summed E-state index contributed by atoms with van der Waals surface area (Å²) in [6, 6.07) is 15.9. The van der Waals surface area contributed by atoms with E-state index in [1.807, 2.05) is 18.2 Å². The van der Waals surface area contributed by atoms with Crippen LogP contribution in [0, 0.1) is 0 Å². The van der Waals surface area contributed by atoms with Crippen molar-refractivity contribution >= 4 is 41.0 Å². The number of carboxylic acids is 1. The molecule has 1 aliphatic rings. The monoisotopic (exact) mass is 354 g/mol. The zero-order valence-electron chi connectivity index (χ0n) is 13.0. The number of amides is 1. The molecule has 0 saturated carbocycles. The predicted molar refractivity (Wildman–Crippen MR) is 97.2 cm³/mol.